The van der Waals surface area contributed by atoms with Crippen LogP contribution in [0.15, 0.2) is 120 Å². The van der Waals surface area contributed by atoms with Gasteiger partial charge in [-0.2, -0.15) is 0 Å². The molecule has 5 aromatic carbocycles. The molecule has 0 bridgehead atoms. The van der Waals surface area contributed by atoms with Crippen molar-refractivity contribution in [3.8, 4) is 33.4 Å². The van der Waals surface area contributed by atoms with E-state index in [4.69, 9.17) is 0 Å². The monoisotopic (exact) mass is 434 g/mol. The molecule has 5 rings (SSSR count). The van der Waals surface area contributed by atoms with Gasteiger partial charge in [-0.15, -0.1) is 0 Å². The maximum atomic E-state index is 3.56. The molecule has 0 aliphatic heterocycles. The third-order valence-corrected chi connectivity index (χ3v) is 5.84. The minimum absolute atomic E-state index is 1.11. The van der Waals surface area contributed by atoms with Gasteiger partial charge in [0, 0.05) is 4.47 Å². The fraction of sp³-hybridized carbons (Fsp3) is 0. The fourth-order valence-electron chi connectivity index (χ4n) is 3.84. The van der Waals surface area contributed by atoms with Gasteiger partial charge < -0.3 is 0 Å². The molecule has 1 heteroatoms. The van der Waals surface area contributed by atoms with E-state index in [1.54, 1.807) is 0 Å². The lowest BCUT2D eigenvalue weighted by Gasteiger charge is -2.12. The van der Waals surface area contributed by atoms with Crippen LogP contribution in [0.2, 0.25) is 0 Å². The molecule has 0 nitrogen and oxygen atoms in total. The highest BCUT2D eigenvalue weighted by Gasteiger charge is 2.08. The summed E-state index contributed by atoms with van der Waals surface area (Å²) in [5.74, 6) is 0. The van der Waals surface area contributed by atoms with Crippen molar-refractivity contribution in [1.29, 1.82) is 0 Å². The van der Waals surface area contributed by atoms with Gasteiger partial charge in [-0.25, -0.2) is 0 Å². The quantitative estimate of drug-likeness (QED) is 0.266. The number of benzene rings is 5. The maximum absolute atomic E-state index is 3.56. The Balaban J connectivity index is 1.57. The van der Waals surface area contributed by atoms with E-state index in [0.717, 1.165) is 4.47 Å². The van der Waals surface area contributed by atoms with Crippen molar-refractivity contribution in [1.82, 2.24) is 0 Å². The Kier molecular flexibility index (Phi) is 4.75. The first-order valence-electron chi connectivity index (χ1n) is 9.72. The molecule has 0 amide bonds. The molecule has 0 aliphatic carbocycles. The van der Waals surface area contributed by atoms with Gasteiger partial charge in [0.15, 0.2) is 0 Å². The lowest BCUT2D eigenvalue weighted by molar-refractivity contribution is 1.57. The molecule has 138 valence electrons. The average molecular weight is 435 g/mol. The lowest BCUT2D eigenvalue weighted by atomic mass is 9.92. The largest absolute Gasteiger partial charge is 0.0622 e. The molecule has 0 aliphatic rings. The van der Waals surface area contributed by atoms with E-state index >= 15 is 0 Å². The molecule has 0 saturated carbocycles. The predicted octanol–water partition coefficient (Wildman–Crippen LogP) is 8.60. The van der Waals surface area contributed by atoms with Gasteiger partial charge in [0.2, 0.25) is 0 Å². The third-order valence-electron chi connectivity index (χ3n) is 5.34. The Morgan fingerprint density at radius 1 is 0.379 bits per heavy atom. The first-order valence-corrected chi connectivity index (χ1v) is 10.5. The van der Waals surface area contributed by atoms with E-state index in [2.05, 4.69) is 131 Å². The standard InChI is InChI=1S/C28H19Br/c29-26-17-16-23-18-25(15-14-24(23)19-26)28-9-5-4-8-27(28)22-12-10-21(11-13-22)20-6-2-1-3-7-20/h1-19H. The van der Waals surface area contributed by atoms with Crippen LogP contribution >= 0.6 is 15.9 Å². The molecular formula is C28H19Br. The highest BCUT2D eigenvalue weighted by molar-refractivity contribution is 9.10. The van der Waals surface area contributed by atoms with Crippen molar-refractivity contribution in [2.75, 3.05) is 0 Å². The smallest absolute Gasteiger partial charge is 0.0181 e. The Morgan fingerprint density at radius 3 is 1.66 bits per heavy atom. The van der Waals surface area contributed by atoms with Crippen molar-refractivity contribution in [2.45, 2.75) is 0 Å². The normalized spacial score (nSPS) is 10.9. The van der Waals surface area contributed by atoms with E-state index in [0.29, 0.717) is 0 Å². The number of halogens is 1. The molecule has 0 heterocycles. The Hall–Kier alpha value is -3.16. The topological polar surface area (TPSA) is 0 Å². The first kappa shape index (κ1) is 17.9. The molecule has 0 saturated heterocycles. The highest BCUT2D eigenvalue weighted by atomic mass is 79.9. The van der Waals surface area contributed by atoms with Crippen LogP contribution in [-0.4, -0.2) is 0 Å². The average Bonchev–Trinajstić information content (AvgIpc) is 2.79. The van der Waals surface area contributed by atoms with Gasteiger partial charge in [0.1, 0.15) is 0 Å². The van der Waals surface area contributed by atoms with E-state index in [1.807, 2.05) is 0 Å². The molecule has 0 fully saturated rings. The van der Waals surface area contributed by atoms with Crippen LogP contribution < -0.4 is 0 Å². The van der Waals surface area contributed by atoms with Crippen molar-refractivity contribution < 1.29 is 0 Å². The van der Waals surface area contributed by atoms with Gasteiger partial charge in [-0.3, -0.25) is 0 Å². The summed E-state index contributed by atoms with van der Waals surface area (Å²) in [5, 5.41) is 2.49. The maximum Gasteiger partial charge on any atom is 0.0181 e. The van der Waals surface area contributed by atoms with Crippen LogP contribution in [-0.2, 0) is 0 Å². The summed E-state index contributed by atoms with van der Waals surface area (Å²) in [6.45, 7) is 0. The van der Waals surface area contributed by atoms with Crippen LogP contribution in [0, 0.1) is 0 Å². The zero-order valence-corrected chi connectivity index (χ0v) is 17.4. The number of fused-ring (bicyclic) bond motifs is 1. The van der Waals surface area contributed by atoms with E-state index < -0.39 is 0 Å². The molecule has 0 atom stereocenters. The van der Waals surface area contributed by atoms with Gasteiger partial charge in [-0.1, -0.05) is 113 Å². The van der Waals surface area contributed by atoms with Crippen LogP contribution in [0.4, 0.5) is 0 Å². The molecular weight excluding hydrogens is 416 g/mol. The van der Waals surface area contributed by atoms with Gasteiger partial charge in [-0.05, 0) is 62.4 Å². The summed E-state index contributed by atoms with van der Waals surface area (Å²) in [4.78, 5) is 0. The highest BCUT2D eigenvalue weighted by Crippen LogP contribution is 2.35. The molecule has 0 N–H and O–H groups in total. The zero-order valence-electron chi connectivity index (χ0n) is 15.8. The second kappa shape index (κ2) is 7.69. The summed E-state index contributed by atoms with van der Waals surface area (Å²) < 4.78 is 1.11. The van der Waals surface area contributed by atoms with Gasteiger partial charge in [0.25, 0.3) is 0 Å². The van der Waals surface area contributed by atoms with Crippen LogP contribution in [0.1, 0.15) is 0 Å². The molecule has 0 radical (unpaired) electrons. The third kappa shape index (κ3) is 3.62. The Morgan fingerprint density at radius 2 is 0.897 bits per heavy atom. The van der Waals surface area contributed by atoms with Crippen LogP contribution in [0.5, 0.6) is 0 Å². The number of rotatable bonds is 3. The van der Waals surface area contributed by atoms with E-state index in [1.165, 1.54) is 44.2 Å². The summed E-state index contributed by atoms with van der Waals surface area (Å²) in [7, 11) is 0. The summed E-state index contributed by atoms with van der Waals surface area (Å²) in [5.41, 5.74) is 7.46. The minimum Gasteiger partial charge on any atom is -0.0622 e. The Bertz CT molecular complexity index is 1290. The minimum atomic E-state index is 1.11. The predicted molar refractivity (Wildman–Crippen MR) is 128 cm³/mol. The molecule has 5 aromatic rings. The zero-order chi connectivity index (χ0) is 19.6. The second-order valence-corrected chi connectivity index (χ2v) is 8.11. The molecule has 0 aromatic heterocycles. The van der Waals surface area contributed by atoms with Gasteiger partial charge >= 0.3 is 0 Å². The number of hydrogen-bond donors (Lipinski definition) is 0. The SMILES string of the molecule is Brc1ccc2cc(-c3ccccc3-c3ccc(-c4ccccc4)cc3)ccc2c1. The molecule has 29 heavy (non-hydrogen) atoms. The van der Waals surface area contributed by atoms with Crippen molar-refractivity contribution >= 4 is 26.7 Å². The summed E-state index contributed by atoms with van der Waals surface area (Å²) in [6, 6.07) is 41.1. The van der Waals surface area contributed by atoms with Crippen molar-refractivity contribution in [2.24, 2.45) is 0 Å². The molecule has 0 unspecified atom stereocenters. The van der Waals surface area contributed by atoms with Crippen LogP contribution in [0.25, 0.3) is 44.2 Å². The Labute approximate surface area is 179 Å². The number of hydrogen-bond acceptors (Lipinski definition) is 0. The lowest BCUT2D eigenvalue weighted by Crippen LogP contribution is -1.86. The summed E-state index contributed by atoms with van der Waals surface area (Å²) in [6.07, 6.45) is 0. The first-order chi connectivity index (χ1) is 14.3. The van der Waals surface area contributed by atoms with Crippen LogP contribution in [0.3, 0.4) is 0 Å². The summed E-state index contributed by atoms with van der Waals surface area (Å²) >= 11 is 3.56. The second-order valence-electron chi connectivity index (χ2n) is 7.20. The fourth-order valence-corrected chi connectivity index (χ4v) is 4.22. The van der Waals surface area contributed by atoms with E-state index in [9.17, 15) is 0 Å². The van der Waals surface area contributed by atoms with Gasteiger partial charge in [0.05, 0.1) is 0 Å². The van der Waals surface area contributed by atoms with E-state index in [-0.39, 0.29) is 0 Å². The molecule has 0 spiro atoms. The van der Waals surface area contributed by atoms with Crippen molar-refractivity contribution in [3.63, 3.8) is 0 Å². The van der Waals surface area contributed by atoms with Crippen molar-refractivity contribution in [3.05, 3.63) is 120 Å².